The minimum Gasteiger partial charge on any atom is -0.365 e. The van der Waals surface area contributed by atoms with Gasteiger partial charge in [-0.25, -0.2) is 0 Å². The van der Waals surface area contributed by atoms with Gasteiger partial charge in [0, 0.05) is 39.6 Å². The highest BCUT2D eigenvalue weighted by Crippen LogP contribution is 2.20. The molecule has 7 nitrogen and oxygen atoms in total. The average molecular weight is 338 g/mol. The van der Waals surface area contributed by atoms with Crippen LogP contribution < -0.4 is 0 Å². The summed E-state index contributed by atoms with van der Waals surface area (Å²) in [5, 5.41) is 0. The maximum Gasteiger partial charge on any atom is 0.307 e. The summed E-state index contributed by atoms with van der Waals surface area (Å²) in [5.74, 6) is -2.46. The molecule has 0 radical (unpaired) electrons. The van der Waals surface area contributed by atoms with E-state index < -0.39 is 11.9 Å². The minimum absolute atomic E-state index is 0.0808. The quantitative estimate of drug-likeness (QED) is 0.401. The molecule has 0 unspecified atom stereocenters. The van der Waals surface area contributed by atoms with Gasteiger partial charge in [0.2, 0.25) is 0 Å². The zero-order chi connectivity index (χ0) is 17.6. The summed E-state index contributed by atoms with van der Waals surface area (Å²) < 4.78 is 39.4. The van der Waals surface area contributed by atoms with Crippen LogP contribution in [0.1, 0.15) is 41.5 Å². The Labute approximate surface area is 140 Å². The summed E-state index contributed by atoms with van der Waals surface area (Å²) in [5.41, 5.74) is 0. The topological polar surface area (TPSA) is 64.6 Å². The summed E-state index contributed by atoms with van der Waals surface area (Å²) in [7, 11) is 0. The zero-order valence-corrected chi connectivity index (χ0v) is 15.5. The highest BCUT2D eigenvalue weighted by molar-refractivity contribution is 4.61. The van der Waals surface area contributed by atoms with Gasteiger partial charge in [-0.05, 0) is 41.5 Å². The Hall–Kier alpha value is -0.280. The van der Waals surface area contributed by atoms with Gasteiger partial charge >= 0.3 is 11.9 Å². The van der Waals surface area contributed by atoms with E-state index in [-0.39, 0.29) is 13.2 Å². The van der Waals surface area contributed by atoms with Crippen LogP contribution in [0.2, 0.25) is 0 Å². The van der Waals surface area contributed by atoms with Crippen molar-refractivity contribution in [3.8, 4) is 0 Å². The van der Waals surface area contributed by atoms with E-state index in [0.29, 0.717) is 39.6 Å². The summed E-state index contributed by atoms with van der Waals surface area (Å²) in [6, 6.07) is 0. The maximum atomic E-state index is 5.73. The second-order valence-electron chi connectivity index (χ2n) is 4.46. The molecule has 0 aliphatic rings. The Kier molecular flexibility index (Phi) is 12.9. The van der Waals surface area contributed by atoms with Crippen molar-refractivity contribution in [3.63, 3.8) is 0 Å². The van der Waals surface area contributed by atoms with Crippen LogP contribution in [0.5, 0.6) is 0 Å². The average Bonchev–Trinajstić information content (AvgIpc) is 2.49. The van der Waals surface area contributed by atoms with Crippen LogP contribution in [-0.4, -0.2) is 64.8 Å². The molecule has 23 heavy (non-hydrogen) atoms. The lowest BCUT2D eigenvalue weighted by Crippen LogP contribution is -2.48. The SMILES string of the molecule is CCOC(COCC(OCC)(OCC)OCC)(OCC)OCC. The maximum absolute atomic E-state index is 5.73. The number of ether oxygens (including phenoxy) is 7. The fraction of sp³-hybridized carbons (Fsp3) is 1.00. The van der Waals surface area contributed by atoms with Gasteiger partial charge in [-0.2, -0.15) is 0 Å². The first-order valence-corrected chi connectivity index (χ1v) is 8.48. The molecule has 0 heterocycles. The largest absolute Gasteiger partial charge is 0.365 e. The van der Waals surface area contributed by atoms with Gasteiger partial charge in [-0.3, -0.25) is 0 Å². The molecule has 0 amide bonds. The molecule has 0 fully saturated rings. The number of rotatable bonds is 16. The van der Waals surface area contributed by atoms with Crippen LogP contribution in [0.4, 0.5) is 0 Å². The fourth-order valence-electron chi connectivity index (χ4n) is 2.12. The minimum atomic E-state index is -1.23. The smallest absolute Gasteiger partial charge is 0.307 e. The molecule has 0 saturated heterocycles. The van der Waals surface area contributed by atoms with E-state index in [1.54, 1.807) is 0 Å². The third kappa shape index (κ3) is 8.39. The van der Waals surface area contributed by atoms with Crippen LogP contribution >= 0.6 is 0 Å². The normalized spacial score (nSPS) is 12.8. The Bertz CT molecular complexity index is 213. The summed E-state index contributed by atoms with van der Waals surface area (Å²) in [4.78, 5) is 0. The molecule has 140 valence electrons. The second kappa shape index (κ2) is 13.1. The van der Waals surface area contributed by atoms with Crippen molar-refractivity contribution in [1.82, 2.24) is 0 Å². The van der Waals surface area contributed by atoms with Gasteiger partial charge in [0.05, 0.1) is 0 Å². The molecular formula is C16H34O7. The lowest BCUT2D eigenvalue weighted by atomic mass is 10.5. The van der Waals surface area contributed by atoms with Crippen molar-refractivity contribution in [2.45, 2.75) is 53.5 Å². The Balaban J connectivity index is 4.82. The number of hydrogen-bond donors (Lipinski definition) is 0. The van der Waals surface area contributed by atoms with E-state index >= 15 is 0 Å². The highest BCUT2D eigenvalue weighted by Gasteiger charge is 2.37. The predicted molar refractivity (Wildman–Crippen MR) is 86.0 cm³/mol. The van der Waals surface area contributed by atoms with E-state index in [1.165, 1.54) is 0 Å². The van der Waals surface area contributed by atoms with Crippen molar-refractivity contribution >= 4 is 0 Å². The van der Waals surface area contributed by atoms with Gasteiger partial charge < -0.3 is 33.2 Å². The summed E-state index contributed by atoms with van der Waals surface area (Å²) >= 11 is 0. The van der Waals surface area contributed by atoms with E-state index in [9.17, 15) is 0 Å². The van der Waals surface area contributed by atoms with Crippen molar-refractivity contribution < 1.29 is 33.2 Å². The predicted octanol–water partition coefficient (Wildman–Crippen LogP) is 2.53. The van der Waals surface area contributed by atoms with E-state index in [0.717, 1.165) is 0 Å². The van der Waals surface area contributed by atoms with Crippen molar-refractivity contribution in [2.75, 3.05) is 52.9 Å². The Morgan fingerprint density at radius 3 is 0.826 bits per heavy atom. The van der Waals surface area contributed by atoms with Crippen molar-refractivity contribution in [2.24, 2.45) is 0 Å². The molecular weight excluding hydrogens is 304 g/mol. The molecule has 0 aromatic heterocycles. The van der Waals surface area contributed by atoms with Gasteiger partial charge in [0.25, 0.3) is 0 Å². The fourth-order valence-corrected chi connectivity index (χ4v) is 2.12. The van der Waals surface area contributed by atoms with Gasteiger partial charge in [-0.15, -0.1) is 0 Å². The first-order chi connectivity index (χ1) is 11.1. The molecule has 0 saturated carbocycles. The Morgan fingerprint density at radius 1 is 0.435 bits per heavy atom. The van der Waals surface area contributed by atoms with Crippen LogP contribution in [0.3, 0.4) is 0 Å². The summed E-state index contributed by atoms with van der Waals surface area (Å²) in [6.07, 6.45) is 0. The van der Waals surface area contributed by atoms with E-state index in [2.05, 4.69) is 0 Å². The molecule has 0 N–H and O–H groups in total. The third-order valence-corrected chi connectivity index (χ3v) is 2.74. The van der Waals surface area contributed by atoms with Gasteiger partial charge in [-0.1, -0.05) is 0 Å². The van der Waals surface area contributed by atoms with Crippen LogP contribution in [0.25, 0.3) is 0 Å². The van der Waals surface area contributed by atoms with Crippen LogP contribution in [0, 0.1) is 0 Å². The van der Waals surface area contributed by atoms with E-state index in [4.69, 9.17) is 33.2 Å². The molecule has 0 rings (SSSR count). The lowest BCUT2D eigenvalue weighted by Gasteiger charge is -2.35. The first kappa shape index (κ1) is 22.7. The first-order valence-electron chi connectivity index (χ1n) is 8.48. The highest BCUT2D eigenvalue weighted by atomic mass is 16.9. The van der Waals surface area contributed by atoms with Crippen molar-refractivity contribution in [1.29, 1.82) is 0 Å². The summed E-state index contributed by atoms with van der Waals surface area (Å²) in [6.45, 7) is 14.0. The molecule has 7 heteroatoms. The van der Waals surface area contributed by atoms with E-state index in [1.807, 2.05) is 41.5 Å². The van der Waals surface area contributed by atoms with Crippen LogP contribution in [-0.2, 0) is 33.2 Å². The Morgan fingerprint density at radius 2 is 0.652 bits per heavy atom. The third-order valence-electron chi connectivity index (χ3n) is 2.74. The van der Waals surface area contributed by atoms with Gasteiger partial charge in [0.15, 0.2) is 0 Å². The van der Waals surface area contributed by atoms with Crippen LogP contribution in [0.15, 0.2) is 0 Å². The van der Waals surface area contributed by atoms with Gasteiger partial charge in [0.1, 0.15) is 13.2 Å². The monoisotopic (exact) mass is 338 g/mol. The molecule has 0 aromatic carbocycles. The molecule has 0 aromatic rings. The second-order valence-corrected chi connectivity index (χ2v) is 4.46. The molecule has 0 spiro atoms. The lowest BCUT2D eigenvalue weighted by molar-refractivity contribution is -0.417. The molecule has 0 aliphatic carbocycles. The molecule has 0 bridgehead atoms. The number of hydrogen-bond acceptors (Lipinski definition) is 7. The zero-order valence-electron chi connectivity index (χ0n) is 15.5. The molecule has 0 atom stereocenters. The molecule has 0 aliphatic heterocycles. The standard InChI is InChI=1S/C16H34O7/c1-7-18-15(19-8-2,20-9-3)13-17-14-16(21-10-4,22-11-5)23-12-6/h7-14H2,1-6H3. The van der Waals surface area contributed by atoms with Crippen molar-refractivity contribution in [3.05, 3.63) is 0 Å².